The van der Waals surface area contributed by atoms with Gasteiger partial charge in [-0.15, -0.1) is 0 Å². The van der Waals surface area contributed by atoms with Gasteiger partial charge in [-0.05, 0) is 67.5 Å². The van der Waals surface area contributed by atoms with Crippen LogP contribution in [0.5, 0.6) is 0 Å². The topological polar surface area (TPSA) is 38.9 Å². The predicted octanol–water partition coefficient (Wildman–Crippen LogP) is 7.04. The van der Waals surface area contributed by atoms with Gasteiger partial charge in [0.05, 0.1) is 5.69 Å². The van der Waals surface area contributed by atoms with Crippen LogP contribution in [0.4, 0.5) is 0 Å². The number of aryl methyl sites for hydroxylation is 1. The molecule has 0 bridgehead atoms. The van der Waals surface area contributed by atoms with Crippen molar-refractivity contribution in [3.63, 3.8) is 0 Å². The highest BCUT2D eigenvalue weighted by atomic mass is 16.3. The summed E-state index contributed by atoms with van der Waals surface area (Å²) in [6, 6.07) is 14.7. The number of aromatic nitrogens is 2. The zero-order valence-corrected chi connectivity index (χ0v) is 16.6. The maximum absolute atomic E-state index is 6.21. The lowest BCUT2D eigenvalue weighted by molar-refractivity contribution is 0.316. The lowest BCUT2D eigenvalue weighted by atomic mass is 9.78. The molecule has 0 saturated heterocycles. The molecular formula is C25H26N2O. The molecule has 0 radical (unpaired) electrons. The summed E-state index contributed by atoms with van der Waals surface area (Å²) in [5.74, 6) is 1.35. The van der Waals surface area contributed by atoms with Crippen molar-refractivity contribution in [3.05, 3.63) is 59.9 Å². The van der Waals surface area contributed by atoms with Gasteiger partial charge in [-0.3, -0.25) is 4.98 Å². The molecule has 0 N–H and O–H groups in total. The van der Waals surface area contributed by atoms with E-state index < -0.39 is 0 Å². The Morgan fingerprint density at radius 2 is 1.86 bits per heavy atom. The molecule has 1 aliphatic carbocycles. The van der Waals surface area contributed by atoms with Crippen molar-refractivity contribution in [1.82, 2.24) is 9.97 Å². The van der Waals surface area contributed by atoms with E-state index in [9.17, 15) is 0 Å². The Morgan fingerprint density at radius 1 is 1.04 bits per heavy atom. The molecule has 3 heterocycles. The van der Waals surface area contributed by atoms with Gasteiger partial charge < -0.3 is 4.42 Å². The van der Waals surface area contributed by atoms with Crippen LogP contribution in [0.1, 0.15) is 56.2 Å². The van der Waals surface area contributed by atoms with Crippen LogP contribution in [0.3, 0.4) is 0 Å². The summed E-state index contributed by atoms with van der Waals surface area (Å²) < 4.78 is 6.21. The van der Waals surface area contributed by atoms with E-state index in [1.807, 2.05) is 31.3 Å². The van der Waals surface area contributed by atoms with Crippen LogP contribution in [-0.2, 0) is 0 Å². The van der Waals surface area contributed by atoms with Crippen molar-refractivity contribution in [2.24, 2.45) is 5.92 Å². The maximum Gasteiger partial charge on any atom is 0.163 e. The Balaban J connectivity index is 1.62. The van der Waals surface area contributed by atoms with Crippen molar-refractivity contribution in [2.75, 3.05) is 0 Å². The average molecular weight is 370 g/mol. The number of nitrogens with zero attached hydrogens (tertiary/aromatic N) is 2. The molecule has 3 aromatic heterocycles. The lowest BCUT2D eigenvalue weighted by Crippen LogP contribution is -2.14. The largest absolute Gasteiger partial charge is 0.454 e. The smallest absolute Gasteiger partial charge is 0.163 e. The molecule has 0 spiro atoms. The number of fused-ring (bicyclic) bond motifs is 3. The van der Waals surface area contributed by atoms with Crippen molar-refractivity contribution in [1.29, 1.82) is 0 Å². The molecule has 1 aliphatic rings. The molecule has 3 heteroatoms. The Kier molecular flexibility index (Phi) is 4.38. The Bertz CT molecular complexity index is 1140. The molecule has 3 nitrogen and oxygen atoms in total. The third-order valence-electron chi connectivity index (χ3n) is 6.40. The van der Waals surface area contributed by atoms with E-state index in [1.54, 1.807) is 0 Å². The van der Waals surface area contributed by atoms with Crippen LogP contribution in [0, 0.1) is 12.8 Å². The quantitative estimate of drug-likeness (QED) is 0.388. The van der Waals surface area contributed by atoms with Crippen LogP contribution in [0.2, 0.25) is 0 Å². The number of hydrogen-bond donors (Lipinski definition) is 0. The third-order valence-corrected chi connectivity index (χ3v) is 6.40. The fourth-order valence-electron chi connectivity index (χ4n) is 4.78. The molecule has 28 heavy (non-hydrogen) atoms. The first-order valence-electron chi connectivity index (χ1n) is 10.5. The minimum atomic E-state index is 0.566. The summed E-state index contributed by atoms with van der Waals surface area (Å²) in [6.07, 6.45) is 8.79. The molecule has 5 rings (SSSR count). The summed E-state index contributed by atoms with van der Waals surface area (Å²) >= 11 is 0. The summed E-state index contributed by atoms with van der Waals surface area (Å²) in [5.41, 5.74) is 7.03. The molecule has 1 saturated carbocycles. The zero-order chi connectivity index (χ0) is 19.1. The van der Waals surface area contributed by atoms with E-state index in [4.69, 9.17) is 14.4 Å². The molecule has 4 aromatic rings. The van der Waals surface area contributed by atoms with Crippen molar-refractivity contribution < 1.29 is 4.42 Å². The highest BCUT2D eigenvalue weighted by molar-refractivity contribution is 6.07. The summed E-state index contributed by atoms with van der Waals surface area (Å²) in [6.45, 7) is 4.42. The highest BCUT2D eigenvalue weighted by Crippen LogP contribution is 2.38. The fraction of sp³-hybridized carbons (Fsp3) is 0.360. The summed E-state index contributed by atoms with van der Waals surface area (Å²) in [7, 11) is 0. The van der Waals surface area contributed by atoms with E-state index >= 15 is 0 Å². The standard InChI is InChI=1S/C25H26N2O/c1-16-14-21(25-24(27-16)20-10-6-7-11-23(20)28-25)22-15-19(12-13-26-22)17(2)18-8-4-3-5-9-18/h6-7,10-15,17-18H,3-5,8-9H2,1-2H3. The molecule has 0 amide bonds. The highest BCUT2D eigenvalue weighted by Gasteiger charge is 2.22. The molecule has 1 aromatic carbocycles. The second-order valence-electron chi connectivity index (χ2n) is 8.25. The van der Waals surface area contributed by atoms with Gasteiger partial charge in [-0.2, -0.15) is 0 Å². The fourth-order valence-corrected chi connectivity index (χ4v) is 4.78. The number of pyridine rings is 2. The number of benzene rings is 1. The van der Waals surface area contributed by atoms with Gasteiger partial charge in [0.25, 0.3) is 0 Å². The monoisotopic (exact) mass is 370 g/mol. The Morgan fingerprint density at radius 3 is 2.71 bits per heavy atom. The zero-order valence-electron chi connectivity index (χ0n) is 16.6. The van der Waals surface area contributed by atoms with Crippen molar-refractivity contribution in [2.45, 2.75) is 51.9 Å². The van der Waals surface area contributed by atoms with E-state index in [1.165, 1.54) is 37.7 Å². The first-order chi connectivity index (χ1) is 13.7. The molecule has 1 unspecified atom stereocenters. The van der Waals surface area contributed by atoms with Crippen LogP contribution in [-0.4, -0.2) is 9.97 Å². The minimum absolute atomic E-state index is 0.566. The van der Waals surface area contributed by atoms with E-state index in [0.29, 0.717) is 5.92 Å². The van der Waals surface area contributed by atoms with E-state index in [0.717, 1.165) is 44.9 Å². The summed E-state index contributed by atoms with van der Waals surface area (Å²) in [4.78, 5) is 9.47. The normalized spacial score (nSPS) is 16.6. The second-order valence-corrected chi connectivity index (χ2v) is 8.25. The lowest BCUT2D eigenvalue weighted by Gasteiger charge is -2.28. The van der Waals surface area contributed by atoms with Crippen LogP contribution < -0.4 is 0 Å². The predicted molar refractivity (Wildman–Crippen MR) is 114 cm³/mol. The molecule has 0 aliphatic heterocycles. The molecular weight excluding hydrogens is 344 g/mol. The van der Waals surface area contributed by atoms with Gasteiger partial charge in [0, 0.05) is 22.8 Å². The summed E-state index contributed by atoms with van der Waals surface area (Å²) in [5, 5.41) is 1.06. The van der Waals surface area contributed by atoms with Crippen LogP contribution >= 0.6 is 0 Å². The number of hydrogen-bond acceptors (Lipinski definition) is 3. The van der Waals surface area contributed by atoms with Gasteiger partial charge in [0.2, 0.25) is 0 Å². The first-order valence-corrected chi connectivity index (χ1v) is 10.5. The van der Waals surface area contributed by atoms with Gasteiger partial charge >= 0.3 is 0 Å². The van der Waals surface area contributed by atoms with Crippen LogP contribution in [0.15, 0.2) is 53.1 Å². The van der Waals surface area contributed by atoms with Crippen LogP contribution in [0.25, 0.3) is 33.3 Å². The van der Waals surface area contributed by atoms with Gasteiger partial charge in [-0.25, -0.2) is 4.98 Å². The van der Waals surface area contributed by atoms with Gasteiger partial charge in [0.15, 0.2) is 5.58 Å². The number of para-hydroxylation sites is 1. The molecule has 1 atom stereocenters. The Labute approximate surface area is 165 Å². The third kappa shape index (κ3) is 2.99. The average Bonchev–Trinajstić information content (AvgIpc) is 3.12. The first kappa shape index (κ1) is 17.4. The number of furan rings is 1. The van der Waals surface area contributed by atoms with Gasteiger partial charge in [-0.1, -0.05) is 38.3 Å². The maximum atomic E-state index is 6.21. The molecule has 1 fully saturated rings. The van der Waals surface area contributed by atoms with E-state index in [2.05, 4.69) is 31.2 Å². The molecule has 142 valence electrons. The van der Waals surface area contributed by atoms with Crippen molar-refractivity contribution >= 4 is 22.1 Å². The minimum Gasteiger partial charge on any atom is -0.454 e. The van der Waals surface area contributed by atoms with Crippen molar-refractivity contribution in [3.8, 4) is 11.3 Å². The number of rotatable bonds is 3. The second kappa shape index (κ2) is 7.05. The Hall–Kier alpha value is -2.68. The SMILES string of the molecule is Cc1cc(-c2cc(C(C)C3CCCCC3)ccn2)c2oc3ccccc3c2n1. The van der Waals surface area contributed by atoms with Gasteiger partial charge in [0.1, 0.15) is 11.1 Å². The van der Waals surface area contributed by atoms with E-state index in [-0.39, 0.29) is 0 Å².